The Hall–Kier alpha value is -2.60. The number of aromatic nitrogens is 4. The zero-order valence-corrected chi connectivity index (χ0v) is 13.8. The SMILES string of the molecule is COc1ccc(C2CC(c3ccccc3Cl)n3nnnc3N2)cc1. The molecular formula is C17H16ClN5O. The lowest BCUT2D eigenvalue weighted by Crippen LogP contribution is -2.28. The molecule has 0 saturated heterocycles. The fourth-order valence-electron chi connectivity index (χ4n) is 3.10. The maximum Gasteiger partial charge on any atom is 0.243 e. The minimum Gasteiger partial charge on any atom is -0.497 e. The van der Waals surface area contributed by atoms with Crippen LogP contribution in [0.15, 0.2) is 48.5 Å². The second-order valence-electron chi connectivity index (χ2n) is 5.69. The summed E-state index contributed by atoms with van der Waals surface area (Å²) in [4.78, 5) is 0. The summed E-state index contributed by atoms with van der Waals surface area (Å²) in [6, 6.07) is 15.9. The van der Waals surface area contributed by atoms with Gasteiger partial charge in [-0.05, 0) is 46.2 Å². The van der Waals surface area contributed by atoms with E-state index in [1.165, 1.54) is 0 Å². The van der Waals surface area contributed by atoms with Crippen LogP contribution in [0.2, 0.25) is 5.02 Å². The van der Waals surface area contributed by atoms with Gasteiger partial charge in [0.15, 0.2) is 0 Å². The van der Waals surface area contributed by atoms with Crippen molar-refractivity contribution < 1.29 is 4.74 Å². The van der Waals surface area contributed by atoms with E-state index in [1.807, 2.05) is 36.4 Å². The number of tetrazole rings is 1. The first-order valence-electron chi connectivity index (χ1n) is 7.69. The van der Waals surface area contributed by atoms with Gasteiger partial charge in [-0.1, -0.05) is 47.0 Å². The van der Waals surface area contributed by atoms with Gasteiger partial charge < -0.3 is 10.1 Å². The van der Waals surface area contributed by atoms with Crippen LogP contribution in [0.25, 0.3) is 0 Å². The van der Waals surface area contributed by atoms with Gasteiger partial charge in [-0.15, -0.1) is 0 Å². The fraction of sp³-hybridized carbons (Fsp3) is 0.235. The van der Waals surface area contributed by atoms with Crippen molar-refractivity contribution in [3.05, 3.63) is 64.7 Å². The highest BCUT2D eigenvalue weighted by molar-refractivity contribution is 6.31. The third-order valence-corrected chi connectivity index (χ3v) is 4.68. The number of anilines is 1. The van der Waals surface area contributed by atoms with Crippen molar-refractivity contribution in [2.45, 2.75) is 18.5 Å². The molecule has 4 rings (SSSR count). The summed E-state index contributed by atoms with van der Waals surface area (Å²) < 4.78 is 7.03. The zero-order chi connectivity index (χ0) is 16.5. The minimum atomic E-state index is -0.0166. The molecule has 0 aliphatic carbocycles. The van der Waals surface area contributed by atoms with Crippen molar-refractivity contribution in [3.8, 4) is 5.75 Å². The third-order valence-electron chi connectivity index (χ3n) is 4.33. The van der Waals surface area contributed by atoms with Crippen LogP contribution < -0.4 is 10.1 Å². The molecule has 0 saturated carbocycles. The highest BCUT2D eigenvalue weighted by atomic mass is 35.5. The fourth-order valence-corrected chi connectivity index (χ4v) is 3.36. The van der Waals surface area contributed by atoms with Gasteiger partial charge in [0, 0.05) is 5.02 Å². The van der Waals surface area contributed by atoms with Crippen molar-refractivity contribution in [3.63, 3.8) is 0 Å². The number of hydrogen-bond donors (Lipinski definition) is 1. The smallest absolute Gasteiger partial charge is 0.243 e. The quantitative estimate of drug-likeness (QED) is 0.790. The van der Waals surface area contributed by atoms with Gasteiger partial charge in [-0.3, -0.25) is 0 Å². The summed E-state index contributed by atoms with van der Waals surface area (Å²) in [7, 11) is 1.66. The molecular weight excluding hydrogens is 326 g/mol. The average molecular weight is 342 g/mol. The number of methoxy groups -OCH3 is 1. The number of hydrogen-bond acceptors (Lipinski definition) is 5. The van der Waals surface area contributed by atoms with Crippen LogP contribution in [0.5, 0.6) is 5.75 Å². The van der Waals surface area contributed by atoms with E-state index in [9.17, 15) is 0 Å². The molecule has 3 aromatic rings. The number of rotatable bonds is 3. The molecule has 122 valence electrons. The lowest BCUT2D eigenvalue weighted by molar-refractivity contribution is 0.412. The first-order chi connectivity index (χ1) is 11.8. The Morgan fingerprint density at radius 3 is 2.71 bits per heavy atom. The molecule has 2 heterocycles. The zero-order valence-electron chi connectivity index (χ0n) is 13.1. The number of nitrogens with one attached hydrogen (secondary N) is 1. The van der Waals surface area contributed by atoms with Gasteiger partial charge in [-0.25, -0.2) is 4.68 Å². The molecule has 2 aromatic carbocycles. The highest BCUT2D eigenvalue weighted by Gasteiger charge is 2.31. The van der Waals surface area contributed by atoms with E-state index < -0.39 is 0 Å². The molecule has 7 heteroatoms. The predicted molar refractivity (Wildman–Crippen MR) is 91.4 cm³/mol. The van der Waals surface area contributed by atoms with Gasteiger partial charge in [0.05, 0.1) is 19.2 Å². The van der Waals surface area contributed by atoms with Crippen LogP contribution in [0.3, 0.4) is 0 Å². The van der Waals surface area contributed by atoms with Crippen molar-refractivity contribution in [2.24, 2.45) is 0 Å². The number of fused-ring (bicyclic) bond motifs is 1. The van der Waals surface area contributed by atoms with E-state index in [2.05, 4.69) is 33.0 Å². The van der Waals surface area contributed by atoms with E-state index in [0.717, 1.165) is 28.3 Å². The Kier molecular flexibility index (Phi) is 3.82. The van der Waals surface area contributed by atoms with Gasteiger partial charge >= 0.3 is 0 Å². The molecule has 0 radical (unpaired) electrons. The van der Waals surface area contributed by atoms with Crippen LogP contribution in [-0.2, 0) is 0 Å². The van der Waals surface area contributed by atoms with E-state index in [-0.39, 0.29) is 12.1 Å². The molecule has 0 amide bonds. The van der Waals surface area contributed by atoms with Crippen LogP contribution in [-0.4, -0.2) is 27.3 Å². The highest BCUT2D eigenvalue weighted by Crippen LogP contribution is 2.39. The molecule has 2 atom stereocenters. The van der Waals surface area contributed by atoms with E-state index >= 15 is 0 Å². The predicted octanol–water partition coefficient (Wildman–Crippen LogP) is 3.48. The summed E-state index contributed by atoms with van der Waals surface area (Å²) in [5.74, 6) is 1.48. The Bertz CT molecular complexity index is 848. The Morgan fingerprint density at radius 1 is 1.17 bits per heavy atom. The van der Waals surface area contributed by atoms with Crippen LogP contribution in [0.4, 0.5) is 5.95 Å². The first kappa shape index (κ1) is 15.0. The average Bonchev–Trinajstić information content (AvgIpc) is 3.10. The second kappa shape index (κ2) is 6.13. The Labute approximate surface area is 144 Å². The van der Waals surface area contributed by atoms with Gasteiger partial charge in [0.25, 0.3) is 0 Å². The molecule has 0 bridgehead atoms. The van der Waals surface area contributed by atoms with E-state index in [1.54, 1.807) is 11.8 Å². The number of halogens is 1. The molecule has 24 heavy (non-hydrogen) atoms. The van der Waals surface area contributed by atoms with Crippen molar-refractivity contribution in [1.29, 1.82) is 0 Å². The summed E-state index contributed by atoms with van der Waals surface area (Å²) >= 11 is 6.41. The number of ether oxygens (including phenoxy) is 1. The number of benzene rings is 2. The molecule has 1 aliphatic heterocycles. The van der Waals surface area contributed by atoms with Crippen LogP contribution in [0, 0.1) is 0 Å². The first-order valence-corrected chi connectivity index (χ1v) is 8.07. The lowest BCUT2D eigenvalue weighted by atomic mass is 9.93. The van der Waals surface area contributed by atoms with E-state index in [4.69, 9.17) is 16.3 Å². The number of nitrogens with zero attached hydrogens (tertiary/aromatic N) is 4. The molecule has 1 aliphatic rings. The van der Waals surface area contributed by atoms with Crippen molar-refractivity contribution in [1.82, 2.24) is 20.2 Å². The molecule has 1 N–H and O–H groups in total. The normalized spacial score (nSPS) is 19.4. The van der Waals surface area contributed by atoms with Gasteiger partial charge in [-0.2, -0.15) is 0 Å². The minimum absolute atomic E-state index is 0.0166. The summed E-state index contributed by atoms with van der Waals surface area (Å²) in [6.07, 6.45) is 0.800. The third kappa shape index (κ3) is 2.59. The largest absolute Gasteiger partial charge is 0.497 e. The summed E-state index contributed by atoms with van der Waals surface area (Å²) in [5.41, 5.74) is 2.18. The van der Waals surface area contributed by atoms with Crippen LogP contribution in [0.1, 0.15) is 29.6 Å². The topological polar surface area (TPSA) is 64.9 Å². The lowest BCUT2D eigenvalue weighted by Gasteiger charge is -2.31. The summed E-state index contributed by atoms with van der Waals surface area (Å²) in [6.45, 7) is 0. The van der Waals surface area contributed by atoms with Crippen molar-refractivity contribution in [2.75, 3.05) is 12.4 Å². The Balaban J connectivity index is 1.72. The molecule has 2 unspecified atom stereocenters. The second-order valence-corrected chi connectivity index (χ2v) is 6.10. The molecule has 6 nitrogen and oxygen atoms in total. The Morgan fingerprint density at radius 2 is 1.96 bits per heavy atom. The van der Waals surface area contributed by atoms with E-state index in [0.29, 0.717) is 5.95 Å². The van der Waals surface area contributed by atoms with Crippen molar-refractivity contribution >= 4 is 17.5 Å². The standard InChI is InChI=1S/C17H16ClN5O/c1-24-12-8-6-11(7-9-12)15-10-16(13-4-2-3-5-14(13)18)23-17(19-15)20-21-22-23/h2-9,15-16H,10H2,1H3,(H,19,20,22). The maximum atomic E-state index is 6.41. The van der Waals surface area contributed by atoms with Crippen LogP contribution >= 0.6 is 11.6 Å². The maximum absolute atomic E-state index is 6.41. The summed E-state index contributed by atoms with van der Waals surface area (Å²) in [5, 5.41) is 16.1. The van der Waals surface area contributed by atoms with Gasteiger partial charge in [0.2, 0.25) is 5.95 Å². The molecule has 0 spiro atoms. The van der Waals surface area contributed by atoms with Gasteiger partial charge in [0.1, 0.15) is 5.75 Å². The molecule has 1 aromatic heterocycles. The molecule has 0 fully saturated rings. The monoisotopic (exact) mass is 341 g/mol.